The molecule has 1 saturated carbocycles. The summed E-state index contributed by atoms with van der Waals surface area (Å²) in [6.45, 7) is 0.836. The van der Waals surface area contributed by atoms with Crippen molar-refractivity contribution in [1.29, 1.82) is 0 Å². The fraction of sp³-hybridized carbons (Fsp3) is 0.643. The topological polar surface area (TPSA) is 48.4 Å². The van der Waals surface area contributed by atoms with Gasteiger partial charge in [-0.25, -0.2) is 4.98 Å². The number of hydrogen-bond donors (Lipinski definition) is 2. The second-order valence-corrected chi connectivity index (χ2v) is 5.09. The van der Waals surface area contributed by atoms with E-state index in [2.05, 4.69) is 21.3 Å². The van der Waals surface area contributed by atoms with Crippen LogP contribution in [-0.2, 0) is 6.54 Å². The zero-order chi connectivity index (χ0) is 13.0. The number of likely N-dealkylation sites (N-methyl/N-ethyl adjacent to an activating group) is 1. The number of anilines is 1. The molecule has 1 fully saturated rings. The average molecular weight is 249 g/mol. The summed E-state index contributed by atoms with van der Waals surface area (Å²) in [7, 11) is 3.96. The minimum atomic E-state index is -0.220. The van der Waals surface area contributed by atoms with Crippen LogP contribution in [0.2, 0.25) is 0 Å². The molecule has 1 heterocycles. The fourth-order valence-corrected chi connectivity index (χ4v) is 2.65. The van der Waals surface area contributed by atoms with Crippen molar-refractivity contribution in [2.24, 2.45) is 0 Å². The van der Waals surface area contributed by atoms with Gasteiger partial charge in [-0.2, -0.15) is 0 Å². The molecule has 0 aromatic carbocycles. The van der Waals surface area contributed by atoms with Crippen LogP contribution in [0.1, 0.15) is 31.2 Å². The first-order valence-corrected chi connectivity index (χ1v) is 6.73. The summed E-state index contributed by atoms with van der Waals surface area (Å²) in [4.78, 5) is 6.60. The second-order valence-electron chi connectivity index (χ2n) is 5.09. The van der Waals surface area contributed by atoms with Gasteiger partial charge in [-0.15, -0.1) is 0 Å². The molecule has 100 valence electrons. The van der Waals surface area contributed by atoms with Crippen molar-refractivity contribution in [1.82, 2.24) is 10.3 Å². The molecular formula is C14H23N3O. The first-order chi connectivity index (χ1) is 8.72. The minimum Gasteiger partial charge on any atom is -0.391 e. The second kappa shape index (κ2) is 6.16. The predicted molar refractivity (Wildman–Crippen MR) is 73.7 cm³/mol. The Kier molecular flexibility index (Phi) is 4.55. The van der Waals surface area contributed by atoms with Gasteiger partial charge in [0.25, 0.3) is 0 Å². The van der Waals surface area contributed by atoms with Crippen molar-refractivity contribution in [3.63, 3.8) is 0 Å². The van der Waals surface area contributed by atoms with Gasteiger partial charge in [0.2, 0.25) is 0 Å². The molecule has 0 radical (unpaired) electrons. The van der Waals surface area contributed by atoms with E-state index in [1.807, 2.05) is 26.4 Å². The number of hydrogen-bond acceptors (Lipinski definition) is 4. The maximum Gasteiger partial charge on any atom is 0.128 e. The van der Waals surface area contributed by atoms with Crippen LogP contribution in [0, 0.1) is 0 Å². The van der Waals surface area contributed by atoms with Crippen LogP contribution in [0.5, 0.6) is 0 Å². The standard InChI is InChI=1S/C14H23N3O/c1-15-9-11-7-8-14(16-10-11)17(2)12-5-3-4-6-13(12)18/h7-8,10,12-13,15,18H,3-6,9H2,1-2H3. The third kappa shape index (κ3) is 3.00. The molecule has 18 heavy (non-hydrogen) atoms. The van der Waals surface area contributed by atoms with E-state index in [0.717, 1.165) is 31.6 Å². The lowest BCUT2D eigenvalue weighted by molar-refractivity contribution is 0.106. The molecule has 0 amide bonds. The van der Waals surface area contributed by atoms with Crippen molar-refractivity contribution in [3.05, 3.63) is 23.9 Å². The van der Waals surface area contributed by atoms with E-state index < -0.39 is 0 Å². The molecular weight excluding hydrogens is 226 g/mol. The normalized spacial score (nSPS) is 23.9. The third-order valence-electron chi connectivity index (χ3n) is 3.74. The van der Waals surface area contributed by atoms with E-state index in [1.165, 1.54) is 12.0 Å². The Labute approximate surface area is 109 Å². The zero-order valence-corrected chi connectivity index (χ0v) is 11.3. The van der Waals surface area contributed by atoms with E-state index in [1.54, 1.807) is 0 Å². The Morgan fingerprint density at radius 3 is 2.78 bits per heavy atom. The lowest BCUT2D eigenvalue weighted by Crippen LogP contribution is -2.43. The summed E-state index contributed by atoms with van der Waals surface area (Å²) < 4.78 is 0. The van der Waals surface area contributed by atoms with Crippen LogP contribution in [0.3, 0.4) is 0 Å². The monoisotopic (exact) mass is 249 g/mol. The highest BCUT2D eigenvalue weighted by atomic mass is 16.3. The minimum absolute atomic E-state index is 0.210. The predicted octanol–water partition coefficient (Wildman–Crippen LogP) is 1.54. The average Bonchev–Trinajstić information content (AvgIpc) is 2.40. The number of aliphatic hydroxyl groups is 1. The van der Waals surface area contributed by atoms with Gasteiger partial charge < -0.3 is 15.3 Å². The van der Waals surface area contributed by atoms with E-state index in [4.69, 9.17) is 0 Å². The quantitative estimate of drug-likeness (QED) is 0.850. The summed E-state index contributed by atoms with van der Waals surface area (Å²) in [6, 6.07) is 4.33. The lowest BCUT2D eigenvalue weighted by Gasteiger charge is -2.35. The van der Waals surface area contributed by atoms with Crippen LogP contribution >= 0.6 is 0 Å². The van der Waals surface area contributed by atoms with Crippen LogP contribution in [0.25, 0.3) is 0 Å². The lowest BCUT2D eigenvalue weighted by atomic mass is 9.91. The molecule has 2 rings (SSSR count). The van der Waals surface area contributed by atoms with Gasteiger partial charge in [-0.1, -0.05) is 18.9 Å². The number of pyridine rings is 1. The number of nitrogens with one attached hydrogen (secondary N) is 1. The third-order valence-corrected chi connectivity index (χ3v) is 3.74. The molecule has 2 atom stereocenters. The first kappa shape index (κ1) is 13.3. The number of rotatable bonds is 4. The van der Waals surface area contributed by atoms with E-state index >= 15 is 0 Å². The van der Waals surface area contributed by atoms with Crippen LogP contribution < -0.4 is 10.2 Å². The molecule has 1 aromatic heterocycles. The molecule has 2 N–H and O–H groups in total. The highest BCUT2D eigenvalue weighted by molar-refractivity contribution is 5.40. The van der Waals surface area contributed by atoms with Crippen molar-refractivity contribution >= 4 is 5.82 Å². The van der Waals surface area contributed by atoms with Crippen molar-refractivity contribution in [2.75, 3.05) is 19.0 Å². The maximum atomic E-state index is 10.1. The molecule has 0 saturated heterocycles. The van der Waals surface area contributed by atoms with Crippen molar-refractivity contribution in [3.8, 4) is 0 Å². The molecule has 2 unspecified atom stereocenters. The Morgan fingerprint density at radius 2 is 2.17 bits per heavy atom. The maximum absolute atomic E-state index is 10.1. The van der Waals surface area contributed by atoms with Gasteiger partial charge in [0.1, 0.15) is 5.82 Å². The summed E-state index contributed by atoms with van der Waals surface area (Å²) in [6.07, 6.45) is 5.98. The van der Waals surface area contributed by atoms with E-state index in [0.29, 0.717) is 0 Å². The molecule has 4 nitrogen and oxygen atoms in total. The molecule has 0 aliphatic heterocycles. The van der Waals surface area contributed by atoms with E-state index in [-0.39, 0.29) is 12.1 Å². The van der Waals surface area contributed by atoms with Gasteiger partial charge in [0.15, 0.2) is 0 Å². The summed E-state index contributed by atoms with van der Waals surface area (Å²) in [5.74, 6) is 0.945. The van der Waals surface area contributed by atoms with Gasteiger partial charge in [0.05, 0.1) is 12.1 Å². The highest BCUT2D eigenvalue weighted by Crippen LogP contribution is 2.25. The van der Waals surface area contributed by atoms with Gasteiger partial charge in [-0.3, -0.25) is 0 Å². The molecule has 1 aliphatic carbocycles. The Bertz CT molecular complexity index is 366. The van der Waals surface area contributed by atoms with Gasteiger partial charge in [-0.05, 0) is 31.5 Å². The Balaban J connectivity index is 2.05. The van der Waals surface area contributed by atoms with Gasteiger partial charge >= 0.3 is 0 Å². The van der Waals surface area contributed by atoms with Gasteiger partial charge in [0, 0.05) is 19.8 Å². The summed E-state index contributed by atoms with van der Waals surface area (Å²) in [5, 5.41) is 13.2. The van der Waals surface area contributed by atoms with Crippen LogP contribution in [0.15, 0.2) is 18.3 Å². The van der Waals surface area contributed by atoms with Crippen LogP contribution in [-0.4, -0.2) is 36.3 Å². The molecule has 0 bridgehead atoms. The first-order valence-electron chi connectivity index (χ1n) is 6.73. The Morgan fingerprint density at radius 1 is 1.39 bits per heavy atom. The molecule has 1 aliphatic rings. The zero-order valence-electron chi connectivity index (χ0n) is 11.3. The van der Waals surface area contributed by atoms with Crippen molar-refractivity contribution in [2.45, 2.75) is 44.4 Å². The highest BCUT2D eigenvalue weighted by Gasteiger charge is 2.27. The number of aromatic nitrogens is 1. The largest absolute Gasteiger partial charge is 0.391 e. The molecule has 0 spiro atoms. The van der Waals surface area contributed by atoms with E-state index in [9.17, 15) is 5.11 Å². The molecule has 4 heteroatoms. The fourth-order valence-electron chi connectivity index (χ4n) is 2.65. The van der Waals surface area contributed by atoms with Crippen molar-refractivity contribution < 1.29 is 5.11 Å². The Hall–Kier alpha value is -1.13. The van der Waals surface area contributed by atoms with Crippen LogP contribution in [0.4, 0.5) is 5.82 Å². The smallest absolute Gasteiger partial charge is 0.128 e. The number of nitrogens with zero attached hydrogens (tertiary/aromatic N) is 2. The SMILES string of the molecule is CNCc1ccc(N(C)C2CCCCC2O)nc1. The molecule has 1 aromatic rings. The summed E-state index contributed by atoms with van der Waals surface area (Å²) in [5.41, 5.74) is 1.18. The number of aliphatic hydroxyl groups excluding tert-OH is 1. The summed E-state index contributed by atoms with van der Waals surface area (Å²) >= 11 is 0.